The average Bonchev–Trinajstić information content (AvgIpc) is 3.35. The molecule has 1 aromatic heterocycles. The lowest BCUT2D eigenvalue weighted by Gasteiger charge is -2.20. The van der Waals surface area contributed by atoms with Gasteiger partial charge in [-0.2, -0.15) is 0 Å². The summed E-state index contributed by atoms with van der Waals surface area (Å²) in [6, 6.07) is 14.4. The van der Waals surface area contributed by atoms with Gasteiger partial charge >= 0.3 is 0 Å². The normalized spacial score (nSPS) is 14.7. The van der Waals surface area contributed by atoms with Crippen molar-refractivity contribution in [1.82, 2.24) is 19.8 Å². The van der Waals surface area contributed by atoms with Gasteiger partial charge in [0.2, 0.25) is 5.91 Å². The summed E-state index contributed by atoms with van der Waals surface area (Å²) in [5.41, 5.74) is 2.46. The summed E-state index contributed by atoms with van der Waals surface area (Å²) in [6.07, 6.45) is 5.09. The van der Waals surface area contributed by atoms with E-state index in [0.717, 1.165) is 29.9 Å². The van der Waals surface area contributed by atoms with Crippen LogP contribution in [-0.4, -0.2) is 32.8 Å². The maximum absolute atomic E-state index is 13.0. The quantitative estimate of drug-likeness (QED) is 0.658. The number of benzene rings is 2. The van der Waals surface area contributed by atoms with Crippen LogP contribution in [0, 0.1) is 0 Å². The van der Waals surface area contributed by atoms with Gasteiger partial charge in [-0.3, -0.25) is 9.59 Å². The minimum absolute atomic E-state index is 0.192. The minimum atomic E-state index is -0.406. The standard InChI is InChI=1S/C23H23ClN4O2/c1-27-14-12-25-22(27)21(17-8-10-19(24)11-9-17)26-23(30)18-6-4-16(5-7-18)15-28-13-2-3-20(28)29/h4-12,14,21H,2-3,13,15H2,1H3,(H,26,30). The van der Waals surface area contributed by atoms with Gasteiger partial charge in [0.05, 0.1) is 0 Å². The molecule has 7 heteroatoms. The van der Waals surface area contributed by atoms with Crippen LogP contribution in [0.2, 0.25) is 5.02 Å². The molecular formula is C23H23ClN4O2. The van der Waals surface area contributed by atoms with E-state index in [1.54, 1.807) is 30.5 Å². The minimum Gasteiger partial charge on any atom is -0.338 e. The number of hydrogen-bond donors (Lipinski definition) is 1. The molecule has 1 aliphatic heterocycles. The Balaban J connectivity index is 1.51. The molecule has 2 aromatic carbocycles. The molecule has 1 saturated heterocycles. The maximum atomic E-state index is 13.0. The highest BCUT2D eigenvalue weighted by Gasteiger charge is 2.22. The second-order valence-corrected chi connectivity index (χ2v) is 7.91. The molecule has 1 unspecified atom stereocenters. The van der Waals surface area contributed by atoms with E-state index in [0.29, 0.717) is 23.6 Å². The Kier molecular flexibility index (Phi) is 5.86. The first-order valence-electron chi connectivity index (χ1n) is 9.91. The predicted octanol–water partition coefficient (Wildman–Crippen LogP) is 3.72. The number of likely N-dealkylation sites (tertiary alicyclic amines) is 1. The molecule has 154 valence electrons. The number of hydrogen-bond acceptors (Lipinski definition) is 3. The van der Waals surface area contributed by atoms with Gasteiger partial charge < -0.3 is 14.8 Å². The van der Waals surface area contributed by atoms with Crippen LogP contribution in [0.4, 0.5) is 0 Å². The van der Waals surface area contributed by atoms with Crippen molar-refractivity contribution in [1.29, 1.82) is 0 Å². The summed E-state index contributed by atoms with van der Waals surface area (Å²) in [7, 11) is 1.89. The van der Waals surface area contributed by atoms with Crippen molar-refractivity contribution >= 4 is 23.4 Å². The molecule has 30 heavy (non-hydrogen) atoms. The van der Waals surface area contributed by atoms with Crippen molar-refractivity contribution in [2.24, 2.45) is 7.05 Å². The number of amides is 2. The van der Waals surface area contributed by atoms with Crippen molar-refractivity contribution in [3.63, 3.8) is 0 Å². The van der Waals surface area contributed by atoms with E-state index < -0.39 is 6.04 Å². The zero-order valence-corrected chi connectivity index (χ0v) is 17.5. The van der Waals surface area contributed by atoms with Crippen molar-refractivity contribution in [3.05, 3.63) is 88.5 Å². The van der Waals surface area contributed by atoms with Crippen molar-refractivity contribution in [2.75, 3.05) is 6.54 Å². The van der Waals surface area contributed by atoms with Gasteiger partial charge in [0.1, 0.15) is 11.9 Å². The Morgan fingerprint density at radius 1 is 1.17 bits per heavy atom. The molecule has 0 bridgehead atoms. The van der Waals surface area contributed by atoms with Crippen LogP contribution in [0.1, 0.15) is 46.2 Å². The molecule has 0 saturated carbocycles. The Morgan fingerprint density at radius 2 is 1.90 bits per heavy atom. The Labute approximate surface area is 180 Å². The largest absolute Gasteiger partial charge is 0.338 e. The SMILES string of the molecule is Cn1ccnc1C(NC(=O)c1ccc(CN2CCCC2=O)cc1)c1ccc(Cl)cc1. The maximum Gasteiger partial charge on any atom is 0.252 e. The van der Waals surface area contributed by atoms with Gasteiger partial charge in [0, 0.05) is 49.5 Å². The van der Waals surface area contributed by atoms with Crippen molar-refractivity contribution < 1.29 is 9.59 Å². The first kappa shape index (κ1) is 20.2. The molecule has 2 amide bonds. The summed E-state index contributed by atoms with van der Waals surface area (Å²) in [5.74, 6) is 0.731. The second-order valence-electron chi connectivity index (χ2n) is 7.47. The summed E-state index contributed by atoms with van der Waals surface area (Å²) in [4.78, 5) is 31.1. The van der Waals surface area contributed by atoms with E-state index in [4.69, 9.17) is 11.6 Å². The highest BCUT2D eigenvalue weighted by Crippen LogP contribution is 2.23. The topological polar surface area (TPSA) is 67.2 Å². The first-order chi connectivity index (χ1) is 14.5. The average molecular weight is 423 g/mol. The van der Waals surface area contributed by atoms with E-state index in [9.17, 15) is 9.59 Å². The molecule has 3 aromatic rings. The molecule has 2 heterocycles. The first-order valence-corrected chi connectivity index (χ1v) is 10.3. The van der Waals surface area contributed by atoms with Crippen LogP contribution in [0.25, 0.3) is 0 Å². The Hall–Kier alpha value is -3.12. The zero-order valence-electron chi connectivity index (χ0n) is 16.7. The van der Waals surface area contributed by atoms with Crippen LogP contribution in [0.15, 0.2) is 60.9 Å². The van der Waals surface area contributed by atoms with Crippen LogP contribution < -0.4 is 5.32 Å². The second kappa shape index (κ2) is 8.71. The van der Waals surface area contributed by atoms with E-state index in [2.05, 4.69) is 10.3 Å². The highest BCUT2D eigenvalue weighted by atomic mass is 35.5. The van der Waals surface area contributed by atoms with Gasteiger partial charge in [0.15, 0.2) is 0 Å². The smallest absolute Gasteiger partial charge is 0.252 e. The number of halogens is 1. The van der Waals surface area contributed by atoms with Gasteiger partial charge in [0.25, 0.3) is 5.91 Å². The molecular weight excluding hydrogens is 400 g/mol. The lowest BCUT2D eigenvalue weighted by Crippen LogP contribution is -2.31. The number of nitrogens with zero attached hydrogens (tertiary/aromatic N) is 3. The number of imidazole rings is 1. The molecule has 6 nitrogen and oxygen atoms in total. The fraction of sp³-hybridized carbons (Fsp3) is 0.261. The Bertz CT molecular complexity index is 1040. The van der Waals surface area contributed by atoms with E-state index in [1.807, 2.05) is 47.0 Å². The van der Waals surface area contributed by atoms with Crippen LogP contribution in [-0.2, 0) is 18.4 Å². The van der Waals surface area contributed by atoms with Gasteiger partial charge in [-0.05, 0) is 41.8 Å². The number of rotatable bonds is 6. The third-order valence-electron chi connectivity index (χ3n) is 5.36. The monoisotopic (exact) mass is 422 g/mol. The number of nitrogens with one attached hydrogen (secondary N) is 1. The molecule has 1 aliphatic rings. The van der Waals surface area contributed by atoms with Gasteiger partial charge in [-0.25, -0.2) is 4.98 Å². The number of carbonyl (C=O) groups excluding carboxylic acids is 2. The van der Waals surface area contributed by atoms with Crippen molar-refractivity contribution in [2.45, 2.75) is 25.4 Å². The van der Waals surface area contributed by atoms with Gasteiger partial charge in [-0.15, -0.1) is 0 Å². The highest BCUT2D eigenvalue weighted by molar-refractivity contribution is 6.30. The van der Waals surface area contributed by atoms with E-state index in [1.165, 1.54) is 0 Å². The van der Waals surface area contributed by atoms with Gasteiger partial charge in [-0.1, -0.05) is 35.9 Å². The molecule has 1 fully saturated rings. The summed E-state index contributed by atoms with van der Waals surface area (Å²) in [6.45, 7) is 1.38. The lowest BCUT2D eigenvalue weighted by atomic mass is 10.0. The molecule has 1 N–H and O–H groups in total. The molecule has 0 spiro atoms. The summed E-state index contributed by atoms with van der Waals surface area (Å²) >= 11 is 6.03. The number of carbonyl (C=O) groups is 2. The third kappa shape index (κ3) is 4.39. The predicted molar refractivity (Wildman–Crippen MR) is 115 cm³/mol. The van der Waals surface area contributed by atoms with E-state index in [-0.39, 0.29) is 11.8 Å². The third-order valence-corrected chi connectivity index (χ3v) is 5.61. The molecule has 4 rings (SSSR count). The number of aromatic nitrogens is 2. The Morgan fingerprint density at radius 3 is 2.50 bits per heavy atom. The summed E-state index contributed by atoms with van der Waals surface area (Å²) < 4.78 is 1.88. The van der Waals surface area contributed by atoms with Crippen LogP contribution >= 0.6 is 11.6 Å². The fourth-order valence-corrected chi connectivity index (χ4v) is 3.80. The fourth-order valence-electron chi connectivity index (χ4n) is 3.68. The number of aryl methyl sites for hydroxylation is 1. The molecule has 1 atom stereocenters. The van der Waals surface area contributed by atoms with E-state index >= 15 is 0 Å². The molecule has 0 aliphatic carbocycles. The zero-order chi connectivity index (χ0) is 21.1. The summed E-state index contributed by atoms with van der Waals surface area (Å²) in [5, 5.41) is 3.72. The molecule has 0 radical (unpaired) electrons. The van der Waals surface area contributed by atoms with Crippen molar-refractivity contribution in [3.8, 4) is 0 Å². The van der Waals surface area contributed by atoms with Crippen LogP contribution in [0.5, 0.6) is 0 Å². The lowest BCUT2D eigenvalue weighted by molar-refractivity contribution is -0.128. The van der Waals surface area contributed by atoms with Crippen LogP contribution in [0.3, 0.4) is 0 Å².